The second-order valence-electron chi connectivity index (χ2n) is 1.50. The van der Waals surface area contributed by atoms with Gasteiger partial charge in [0.15, 0.2) is 0 Å². The maximum atomic E-state index is 10.0. The third kappa shape index (κ3) is 4.28. The first-order valence-electron chi connectivity index (χ1n) is 2.20. The third-order valence-electron chi connectivity index (χ3n) is 0.829. The van der Waals surface area contributed by atoms with Gasteiger partial charge in [-0.2, -0.15) is 8.42 Å². The quantitative estimate of drug-likeness (QED) is 0.288. The maximum absolute atomic E-state index is 10.0. The van der Waals surface area contributed by atoms with Gasteiger partial charge in [0.25, 0.3) is 10.1 Å². The van der Waals surface area contributed by atoms with E-state index in [9.17, 15) is 8.42 Å². The molecule has 0 aliphatic heterocycles. The summed E-state index contributed by atoms with van der Waals surface area (Å²) in [5, 5.41) is 14.9. The topological polar surface area (TPSA) is 94.8 Å². The Morgan fingerprint density at radius 2 is 1.60 bits per heavy atom. The van der Waals surface area contributed by atoms with Crippen molar-refractivity contribution in [2.24, 2.45) is 0 Å². The van der Waals surface area contributed by atoms with Crippen LogP contribution in [0.25, 0.3) is 0 Å². The first kappa shape index (κ1) is 13.0. The Kier molecular flexibility index (Phi) is 6.69. The molecular weight excluding hydrogens is 155 g/mol. The Hall–Kier alpha value is 0.427. The Morgan fingerprint density at radius 1 is 1.30 bits per heavy atom. The average Bonchev–Trinajstić information content (AvgIpc) is 1.65. The standard InChI is InChI=1S/C3H8O5S.Li.H/c4-1-3(2-5)9(6,7)8;;/h3-5H,1-2H2,(H,6,7,8);;/q;+1;-1. The number of aliphatic hydroxyl groups is 2. The first-order valence-corrected chi connectivity index (χ1v) is 3.70. The van der Waals surface area contributed by atoms with Crippen molar-refractivity contribution >= 4 is 10.1 Å². The molecule has 0 aromatic rings. The van der Waals surface area contributed by atoms with Gasteiger partial charge in [-0.3, -0.25) is 4.55 Å². The van der Waals surface area contributed by atoms with E-state index in [0.29, 0.717) is 0 Å². The normalized spacial score (nSPS) is 11.2. The summed E-state index contributed by atoms with van der Waals surface area (Å²) in [6.45, 7) is -1.54. The van der Waals surface area contributed by atoms with Crippen LogP contribution in [0.15, 0.2) is 0 Å². The smallest absolute Gasteiger partial charge is 1.00 e. The van der Waals surface area contributed by atoms with E-state index in [1.807, 2.05) is 0 Å². The fourth-order valence-electron chi connectivity index (χ4n) is 0.246. The third-order valence-corrected chi connectivity index (χ3v) is 1.97. The zero-order chi connectivity index (χ0) is 7.49. The zero-order valence-corrected chi connectivity index (χ0v) is 6.37. The summed E-state index contributed by atoms with van der Waals surface area (Å²) in [5.74, 6) is 0. The van der Waals surface area contributed by atoms with Gasteiger partial charge in [0, 0.05) is 0 Å². The van der Waals surface area contributed by atoms with Crippen molar-refractivity contribution in [2.75, 3.05) is 13.2 Å². The fourth-order valence-corrected chi connectivity index (χ4v) is 0.623. The molecule has 0 bridgehead atoms. The van der Waals surface area contributed by atoms with E-state index in [2.05, 4.69) is 0 Å². The van der Waals surface area contributed by atoms with Crippen LogP contribution in [0, 0.1) is 0 Å². The van der Waals surface area contributed by atoms with E-state index in [4.69, 9.17) is 14.8 Å². The molecule has 0 aromatic heterocycles. The molecule has 10 heavy (non-hydrogen) atoms. The van der Waals surface area contributed by atoms with Crippen molar-refractivity contribution in [3.05, 3.63) is 0 Å². The van der Waals surface area contributed by atoms with Crippen molar-refractivity contribution in [3.63, 3.8) is 0 Å². The van der Waals surface area contributed by atoms with Gasteiger partial charge >= 0.3 is 18.9 Å². The van der Waals surface area contributed by atoms with Crippen molar-refractivity contribution in [1.29, 1.82) is 0 Å². The minimum Gasteiger partial charge on any atom is -1.00 e. The zero-order valence-electron chi connectivity index (χ0n) is 6.56. The van der Waals surface area contributed by atoms with E-state index >= 15 is 0 Å². The fraction of sp³-hybridized carbons (Fsp3) is 1.00. The minimum absolute atomic E-state index is 0. The SMILES string of the molecule is O=S(=O)(O)C(CO)CO.[H-].[Li+]. The van der Waals surface area contributed by atoms with Crippen molar-refractivity contribution in [1.82, 2.24) is 0 Å². The molecule has 0 aliphatic rings. The Labute approximate surface area is 72.5 Å². The van der Waals surface area contributed by atoms with Crippen LogP contribution in [0.2, 0.25) is 0 Å². The van der Waals surface area contributed by atoms with Gasteiger partial charge in [-0.05, 0) is 0 Å². The molecule has 0 aliphatic carbocycles. The van der Waals surface area contributed by atoms with Crippen LogP contribution in [-0.2, 0) is 10.1 Å². The second kappa shape index (κ2) is 5.13. The van der Waals surface area contributed by atoms with E-state index in [-0.39, 0.29) is 20.3 Å². The Morgan fingerprint density at radius 3 is 1.60 bits per heavy atom. The molecular formula is C3H9LiO5S. The summed E-state index contributed by atoms with van der Waals surface area (Å²) in [4.78, 5) is 0. The molecule has 0 rings (SSSR count). The number of rotatable bonds is 3. The molecule has 0 saturated heterocycles. The summed E-state index contributed by atoms with van der Waals surface area (Å²) in [6, 6.07) is 0. The predicted octanol–water partition coefficient (Wildman–Crippen LogP) is -4.66. The molecule has 0 spiro atoms. The molecule has 0 radical (unpaired) electrons. The van der Waals surface area contributed by atoms with Crippen LogP contribution in [0.4, 0.5) is 0 Å². The van der Waals surface area contributed by atoms with Gasteiger partial charge in [0.2, 0.25) is 0 Å². The predicted molar refractivity (Wildman–Crippen MR) is 30.6 cm³/mol. The molecule has 58 valence electrons. The van der Waals surface area contributed by atoms with Gasteiger partial charge < -0.3 is 11.6 Å². The monoisotopic (exact) mass is 164 g/mol. The molecule has 0 atom stereocenters. The average molecular weight is 164 g/mol. The van der Waals surface area contributed by atoms with Gasteiger partial charge in [-0.1, -0.05) is 0 Å². The number of aliphatic hydroxyl groups excluding tert-OH is 2. The van der Waals surface area contributed by atoms with Gasteiger partial charge in [-0.15, -0.1) is 0 Å². The van der Waals surface area contributed by atoms with Crippen molar-refractivity contribution in [3.8, 4) is 0 Å². The number of hydrogen-bond acceptors (Lipinski definition) is 4. The van der Waals surface area contributed by atoms with Crippen molar-refractivity contribution in [2.45, 2.75) is 5.25 Å². The van der Waals surface area contributed by atoms with Crippen LogP contribution in [0.1, 0.15) is 1.43 Å². The van der Waals surface area contributed by atoms with Gasteiger partial charge in [0.1, 0.15) is 5.25 Å². The van der Waals surface area contributed by atoms with Crippen LogP contribution < -0.4 is 18.9 Å². The van der Waals surface area contributed by atoms with E-state index in [1.54, 1.807) is 0 Å². The van der Waals surface area contributed by atoms with Crippen LogP contribution in [-0.4, -0.2) is 41.6 Å². The largest absolute Gasteiger partial charge is 1.00 e. The van der Waals surface area contributed by atoms with E-state index < -0.39 is 28.6 Å². The first-order chi connectivity index (χ1) is 4.02. The molecule has 0 aromatic carbocycles. The van der Waals surface area contributed by atoms with Crippen LogP contribution in [0.3, 0.4) is 0 Å². The molecule has 0 amide bonds. The number of hydrogen-bond donors (Lipinski definition) is 3. The summed E-state index contributed by atoms with van der Waals surface area (Å²) >= 11 is 0. The maximum Gasteiger partial charge on any atom is 1.00 e. The van der Waals surface area contributed by atoms with Crippen LogP contribution >= 0.6 is 0 Å². The van der Waals surface area contributed by atoms with Gasteiger partial charge in [0.05, 0.1) is 13.2 Å². The Balaban J connectivity index is -0.000000320. The molecule has 7 heteroatoms. The summed E-state index contributed by atoms with van der Waals surface area (Å²) in [6.07, 6.45) is 0. The summed E-state index contributed by atoms with van der Waals surface area (Å²) < 4.78 is 28.2. The Bertz CT molecular complexity index is 165. The van der Waals surface area contributed by atoms with E-state index in [1.165, 1.54) is 0 Å². The molecule has 3 N–H and O–H groups in total. The van der Waals surface area contributed by atoms with E-state index in [0.717, 1.165) is 0 Å². The minimum atomic E-state index is -4.27. The molecule has 0 saturated carbocycles. The molecule has 0 heterocycles. The second-order valence-corrected chi connectivity index (χ2v) is 3.20. The molecule has 0 fully saturated rings. The summed E-state index contributed by atoms with van der Waals surface area (Å²) in [5.41, 5.74) is 0. The molecule has 0 unspecified atom stereocenters. The van der Waals surface area contributed by atoms with Gasteiger partial charge in [-0.25, -0.2) is 0 Å². The summed E-state index contributed by atoms with van der Waals surface area (Å²) in [7, 11) is -4.27. The van der Waals surface area contributed by atoms with Crippen LogP contribution in [0.5, 0.6) is 0 Å². The molecule has 5 nitrogen and oxygen atoms in total. The van der Waals surface area contributed by atoms with Crippen molar-refractivity contribution < 1.29 is 43.5 Å².